The highest BCUT2D eigenvalue weighted by molar-refractivity contribution is 8.01. The van der Waals surface area contributed by atoms with E-state index in [2.05, 4.69) is 19.2 Å². The first kappa shape index (κ1) is 14.5. The molecule has 0 radical (unpaired) electrons. The van der Waals surface area contributed by atoms with E-state index in [4.69, 9.17) is 4.74 Å². The number of carbonyl (C=O) groups excluding carboxylic acids is 3. The van der Waals surface area contributed by atoms with Gasteiger partial charge in [-0.15, -0.1) is 11.8 Å². The Labute approximate surface area is 142 Å². The minimum absolute atomic E-state index is 0.0387. The quantitative estimate of drug-likeness (QED) is 0.600. The van der Waals surface area contributed by atoms with E-state index in [1.807, 2.05) is 0 Å². The second kappa shape index (κ2) is 4.40. The van der Waals surface area contributed by atoms with Crippen LogP contribution < -0.4 is 5.32 Å². The van der Waals surface area contributed by atoms with E-state index < -0.39 is 23.8 Å². The summed E-state index contributed by atoms with van der Waals surface area (Å²) >= 11 is 1.77. The third-order valence-electron chi connectivity index (χ3n) is 5.50. The van der Waals surface area contributed by atoms with Gasteiger partial charge in [0.05, 0.1) is 28.5 Å². The molecule has 1 aromatic carbocycles. The van der Waals surface area contributed by atoms with E-state index in [1.165, 1.54) is 0 Å². The van der Waals surface area contributed by atoms with E-state index in [0.29, 0.717) is 11.1 Å². The maximum absolute atomic E-state index is 12.7. The Kier molecular flexibility index (Phi) is 2.66. The molecule has 0 aliphatic carbocycles. The zero-order valence-electron chi connectivity index (χ0n) is 13.2. The molecule has 3 saturated heterocycles. The molecule has 24 heavy (non-hydrogen) atoms. The summed E-state index contributed by atoms with van der Waals surface area (Å²) in [4.78, 5) is 39.1. The van der Waals surface area contributed by atoms with Gasteiger partial charge in [0, 0.05) is 4.75 Å². The molecule has 1 aromatic rings. The predicted octanol–water partition coefficient (Wildman–Crippen LogP) is 0.811. The van der Waals surface area contributed by atoms with Crippen molar-refractivity contribution in [2.75, 3.05) is 0 Å². The van der Waals surface area contributed by atoms with Crippen LogP contribution in [0.4, 0.5) is 0 Å². The number of fused-ring (bicyclic) bond motifs is 1. The third kappa shape index (κ3) is 1.59. The highest BCUT2D eigenvalue weighted by atomic mass is 32.2. The Hall–Kier alpha value is -1.86. The number of benzene rings is 1. The van der Waals surface area contributed by atoms with Gasteiger partial charge in [-0.2, -0.15) is 0 Å². The van der Waals surface area contributed by atoms with Crippen LogP contribution in [-0.4, -0.2) is 56.9 Å². The highest BCUT2D eigenvalue weighted by Gasteiger charge is 2.67. The largest absolute Gasteiger partial charge is 0.458 e. The van der Waals surface area contributed by atoms with Crippen molar-refractivity contribution in [1.82, 2.24) is 10.2 Å². The standard InChI is InChI=1S/C17H16N2O4S/c1-17(2)13-11-12(24-17)9(18-13)10(16(22)23-11)19-14(20)7-5-3-4-6-8(7)15(19)21/h3-6,9-13,18H,1-2H3/t9-,10+,11+,12-,13+/m1/s1. The van der Waals surface area contributed by atoms with Crippen LogP contribution in [0.25, 0.3) is 0 Å². The van der Waals surface area contributed by atoms with Crippen LogP contribution in [0.2, 0.25) is 0 Å². The molecule has 2 amide bonds. The Morgan fingerprint density at radius 3 is 2.38 bits per heavy atom. The maximum Gasteiger partial charge on any atom is 0.331 e. The molecular formula is C17H16N2O4S. The van der Waals surface area contributed by atoms with Crippen LogP contribution in [-0.2, 0) is 9.53 Å². The number of esters is 1. The second-order valence-corrected chi connectivity index (χ2v) is 9.06. The molecular weight excluding hydrogens is 328 g/mol. The number of hydrogen-bond acceptors (Lipinski definition) is 6. The molecule has 0 saturated carbocycles. The number of amides is 2. The number of hydrogen-bond donors (Lipinski definition) is 1. The molecule has 4 aliphatic heterocycles. The van der Waals surface area contributed by atoms with Crippen LogP contribution in [0.15, 0.2) is 24.3 Å². The van der Waals surface area contributed by atoms with Crippen LogP contribution >= 0.6 is 11.8 Å². The van der Waals surface area contributed by atoms with Crippen molar-refractivity contribution < 1.29 is 19.1 Å². The number of carbonyl (C=O) groups is 3. The second-order valence-electron chi connectivity index (χ2n) is 7.23. The molecule has 4 heterocycles. The Morgan fingerprint density at radius 1 is 1.12 bits per heavy atom. The number of imide groups is 1. The van der Waals surface area contributed by atoms with E-state index in [9.17, 15) is 14.4 Å². The van der Waals surface area contributed by atoms with E-state index in [1.54, 1.807) is 36.0 Å². The predicted molar refractivity (Wildman–Crippen MR) is 86.8 cm³/mol. The van der Waals surface area contributed by atoms with Crippen LogP contribution in [0, 0.1) is 0 Å². The Bertz CT molecular complexity index is 773. The normalized spacial score (nSPS) is 38.5. The van der Waals surface area contributed by atoms with Gasteiger partial charge < -0.3 is 10.1 Å². The molecule has 0 unspecified atom stereocenters. The molecule has 124 valence electrons. The average Bonchev–Trinajstić information content (AvgIpc) is 3.04. The molecule has 3 fully saturated rings. The van der Waals surface area contributed by atoms with Crippen molar-refractivity contribution in [1.29, 1.82) is 0 Å². The summed E-state index contributed by atoms with van der Waals surface area (Å²) < 4.78 is 5.61. The summed E-state index contributed by atoms with van der Waals surface area (Å²) in [5.74, 6) is -1.31. The highest BCUT2D eigenvalue weighted by Crippen LogP contribution is 2.53. The number of ether oxygens (including phenoxy) is 1. The van der Waals surface area contributed by atoms with Crippen molar-refractivity contribution in [2.45, 2.75) is 48.1 Å². The molecule has 7 heteroatoms. The van der Waals surface area contributed by atoms with E-state index in [-0.39, 0.29) is 28.2 Å². The number of nitrogens with zero attached hydrogens (tertiary/aromatic N) is 1. The van der Waals surface area contributed by atoms with Crippen molar-refractivity contribution in [2.24, 2.45) is 0 Å². The van der Waals surface area contributed by atoms with Crippen LogP contribution in [0.5, 0.6) is 0 Å². The summed E-state index contributed by atoms with van der Waals surface area (Å²) in [5, 5.41) is 3.52. The molecule has 5 rings (SSSR count). The molecule has 0 aromatic heterocycles. The zero-order valence-corrected chi connectivity index (χ0v) is 14.0. The SMILES string of the molecule is CC1(C)S[C@@H]2[C@@H]3N[C@H]1[C@H]2OC(=O)[C@H]3N1C(=O)c2ccccc2C1=O. The number of nitrogens with one attached hydrogen (secondary N) is 1. The molecule has 4 aliphatic rings. The van der Waals surface area contributed by atoms with Gasteiger partial charge in [-0.3, -0.25) is 14.5 Å². The summed E-state index contributed by atoms with van der Waals surface area (Å²) in [5.41, 5.74) is 0.710. The lowest BCUT2D eigenvalue weighted by Gasteiger charge is -2.39. The number of thioether (sulfide) groups is 1. The van der Waals surface area contributed by atoms with Crippen LogP contribution in [0.3, 0.4) is 0 Å². The first-order valence-corrected chi connectivity index (χ1v) is 8.89. The smallest absolute Gasteiger partial charge is 0.331 e. The minimum Gasteiger partial charge on any atom is -0.458 e. The molecule has 4 bridgehead atoms. The topological polar surface area (TPSA) is 75.7 Å². The summed E-state index contributed by atoms with van der Waals surface area (Å²) in [6.45, 7) is 4.24. The first-order valence-electron chi connectivity index (χ1n) is 8.01. The molecule has 0 spiro atoms. The van der Waals surface area contributed by atoms with Crippen molar-refractivity contribution in [3.63, 3.8) is 0 Å². The van der Waals surface area contributed by atoms with Gasteiger partial charge in [-0.05, 0) is 26.0 Å². The Morgan fingerprint density at radius 2 is 1.75 bits per heavy atom. The van der Waals surface area contributed by atoms with Gasteiger partial charge in [-0.25, -0.2) is 4.79 Å². The monoisotopic (exact) mass is 344 g/mol. The first-order chi connectivity index (χ1) is 11.4. The molecule has 6 nitrogen and oxygen atoms in total. The molecule has 1 N–H and O–H groups in total. The maximum atomic E-state index is 12.7. The fourth-order valence-corrected chi connectivity index (χ4v) is 6.21. The fraction of sp³-hybridized carbons (Fsp3) is 0.471. The summed E-state index contributed by atoms with van der Waals surface area (Å²) in [7, 11) is 0. The van der Waals surface area contributed by atoms with Crippen molar-refractivity contribution in [3.05, 3.63) is 35.4 Å². The van der Waals surface area contributed by atoms with Crippen molar-refractivity contribution >= 4 is 29.5 Å². The number of rotatable bonds is 1. The molecule has 5 atom stereocenters. The zero-order chi connectivity index (χ0) is 16.8. The van der Waals surface area contributed by atoms with Gasteiger partial charge in [0.1, 0.15) is 6.10 Å². The van der Waals surface area contributed by atoms with Gasteiger partial charge >= 0.3 is 5.97 Å². The van der Waals surface area contributed by atoms with Crippen molar-refractivity contribution in [3.8, 4) is 0 Å². The Balaban J connectivity index is 1.54. The summed E-state index contributed by atoms with van der Waals surface area (Å²) in [6, 6.07) is 5.58. The van der Waals surface area contributed by atoms with Gasteiger partial charge in [0.2, 0.25) is 0 Å². The lowest BCUT2D eigenvalue weighted by atomic mass is 9.96. The minimum atomic E-state index is -0.896. The lowest BCUT2D eigenvalue weighted by Crippen LogP contribution is -2.62. The fourth-order valence-electron chi connectivity index (χ4n) is 4.43. The van der Waals surface area contributed by atoms with Gasteiger partial charge in [-0.1, -0.05) is 12.1 Å². The third-order valence-corrected chi connectivity index (χ3v) is 7.20. The van der Waals surface area contributed by atoms with E-state index in [0.717, 1.165) is 4.90 Å². The van der Waals surface area contributed by atoms with Crippen LogP contribution in [0.1, 0.15) is 34.6 Å². The van der Waals surface area contributed by atoms with Gasteiger partial charge in [0.15, 0.2) is 6.04 Å². The van der Waals surface area contributed by atoms with E-state index >= 15 is 0 Å². The average molecular weight is 344 g/mol. The van der Waals surface area contributed by atoms with Gasteiger partial charge in [0.25, 0.3) is 11.8 Å². The summed E-state index contributed by atoms with van der Waals surface area (Å²) in [6.07, 6.45) is -0.186. The lowest BCUT2D eigenvalue weighted by molar-refractivity contribution is -0.157.